The lowest BCUT2D eigenvalue weighted by Gasteiger charge is -2.43. The fraction of sp³-hybridized carbons (Fsp3) is 0.0769. The number of sulfonamides is 1. The maximum absolute atomic E-state index is 13.1. The van der Waals surface area contributed by atoms with Crippen molar-refractivity contribution in [3.05, 3.63) is 124 Å². The van der Waals surface area contributed by atoms with E-state index in [1.54, 1.807) is 42.5 Å². The highest BCUT2D eigenvalue weighted by Gasteiger charge is 2.44. The van der Waals surface area contributed by atoms with E-state index in [4.69, 9.17) is 0 Å². The second-order valence-electron chi connectivity index (χ2n) is 8.00. The molecule has 7 rings (SSSR count). The largest absolute Gasteiger partial charge is 0.508 e. The van der Waals surface area contributed by atoms with Crippen LogP contribution in [0.3, 0.4) is 0 Å². The van der Waals surface area contributed by atoms with Gasteiger partial charge in [-0.05, 0) is 52.1 Å². The van der Waals surface area contributed by atoms with E-state index in [0.717, 1.165) is 33.4 Å². The van der Waals surface area contributed by atoms with Crippen LogP contribution in [0.15, 0.2) is 95.9 Å². The van der Waals surface area contributed by atoms with Crippen molar-refractivity contribution >= 4 is 15.7 Å². The van der Waals surface area contributed by atoms with Crippen LogP contribution in [0.2, 0.25) is 0 Å². The third-order valence-corrected chi connectivity index (χ3v) is 7.76. The van der Waals surface area contributed by atoms with Crippen LogP contribution in [-0.2, 0) is 10.0 Å². The lowest BCUT2D eigenvalue weighted by Crippen LogP contribution is -2.29. The highest BCUT2D eigenvalue weighted by Crippen LogP contribution is 2.59. The molecule has 3 aliphatic rings. The van der Waals surface area contributed by atoms with Gasteiger partial charge in [-0.15, -0.1) is 0 Å². The Morgan fingerprint density at radius 2 is 1.10 bits per heavy atom. The second kappa shape index (κ2) is 6.46. The first-order chi connectivity index (χ1) is 15.1. The number of hydrogen-bond acceptors (Lipinski definition) is 3. The number of benzene rings is 4. The SMILES string of the molecule is O=S(=O)(Nc1ccc(O)c2c1C1c3ccccc3C2c2ccccc21)c1ccccc1. The van der Waals surface area contributed by atoms with E-state index in [1.807, 2.05) is 24.3 Å². The van der Waals surface area contributed by atoms with Crippen LogP contribution < -0.4 is 4.72 Å². The molecular formula is C26H19NO3S. The quantitative estimate of drug-likeness (QED) is 0.384. The minimum absolute atomic E-state index is 0.131. The molecule has 152 valence electrons. The van der Waals surface area contributed by atoms with Gasteiger partial charge in [0.25, 0.3) is 10.0 Å². The lowest BCUT2D eigenvalue weighted by molar-refractivity contribution is 0.463. The normalized spacial score (nSPS) is 18.1. The summed E-state index contributed by atoms with van der Waals surface area (Å²) in [6.45, 7) is 0. The monoisotopic (exact) mass is 425 g/mol. The number of anilines is 1. The van der Waals surface area contributed by atoms with E-state index in [-0.39, 0.29) is 22.5 Å². The van der Waals surface area contributed by atoms with Crippen LogP contribution >= 0.6 is 0 Å². The molecule has 4 aromatic rings. The smallest absolute Gasteiger partial charge is 0.261 e. The third kappa shape index (κ3) is 2.56. The first kappa shape index (κ1) is 18.2. The van der Waals surface area contributed by atoms with Crippen LogP contribution in [0.1, 0.15) is 45.2 Å². The van der Waals surface area contributed by atoms with E-state index in [2.05, 4.69) is 29.0 Å². The zero-order valence-corrected chi connectivity index (χ0v) is 17.3. The summed E-state index contributed by atoms with van der Waals surface area (Å²) in [4.78, 5) is 0.207. The number of nitrogens with one attached hydrogen (secondary N) is 1. The van der Waals surface area contributed by atoms with Crippen LogP contribution in [0.4, 0.5) is 5.69 Å². The van der Waals surface area contributed by atoms with Crippen molar-refractivity contribution in [2.24, 2.45) is 0 Å². The Kier molecular flexibility index (Phi) is 3.80. The van der Waals surface area contributed by atoms with Crippen LogP contribution in [0.25, 0.3) is 0 Å². The molecule has 0 aliphatic heterocycles. The first-order valence-corrected chi connectivity index (χ1v) is 11.7. The molecule has 0 heterocycles. The zero-order valence-electron chi connectivity index (χ0n) is 16.5. The van der Waals surface area contributed by atoms with Crippen LogP contribution in [0.5, 0.6) is 5.75 Å². The Labute approximate surface area is 180 Å². The summed E-state index contributed by atoms with van der Waals surface area (Å²) in [5.74, 6) is -0.0850. The van der Waals surface area contributed by atoms with Gasteiger partial charge in [0.15, 0.2) is 0 Å². The van der Waals surface area contributed by atoms with Gasteiger partial charge in [-0.3, -0.25) is 4.72 Å². The molecule has 0 fully saturated rings. The molecule has 2 N–H and O–H groups in total. The predicted molar refractivity (Wildman–Crippen MR) is 120 cm³/mol. The highest BCUT2D eigenvalue weighted by molar-refractivity contribution is 7.92. The topological polar surface area (TPSA) is 66.4 Å². The van der Waals surface area contributed by atoms with E-state index in [1.165, 1.54) is 0 Å². The molecule has 0 unspecified atom stereocenters. The number of rotatable bonds is 3. The standard InChI is InChI=1S/C26H19NO3S/c28-22-15-14-21(27-31(29,30)16-8-2-1-3-9-16)25-23-17-10-4-6-12-19(17)24(26(22)25)20-13-7-5-11-18(20)23/h1-15,23-24,27-28H. The van der Waals surface area contributed by atoms with Gasteiger partial charge in [-0.2, -0.15) is 0 Å². The molecule has 0 amide bonds. The Morgan fingerprint density at radius 1 is 0.613 bits per heavy atom. The van der Waals surface area contributed by atoms with Crippen molar-refractivity contribution in [2.45, 2.75) is 16.7 Å². The summed E-state index contributed by atoms with van der Waals surface area (Å²) in [5, 5.41) is 10.9. The van der Waals surface area contributed by atoms with Crippen molar-refractivity contribution in [1.29, 1.82) is 0 Å². The average molecular weight is 426 g/mol. The van der Waals surface area contributed by atoms with Gasteiger partial charge in [0.05, 0.1) is 10.6 Å². The van der Waals surface area contributed by atoms with Crippen molar-refractivity contribution in [3.8, 4) is 5.75 Å². The fourth-order valence-electron chi connectivity index (χ4n) is 5.16. The first-order valence-electron chi connectivity index (χ1n) is 10.2. The maximum Gasteiger partial charge on any atom is 0.261 e. The molecule has 4 nitrogen and oxygen atoms in total. The Balaban J connectivity index is 1.59. The number of aromatic hydroxyl groups is 1. The summed E-state index contributed by atoms with van der Waals surface area (Å²) < 4.78 is 29.0. The molecule has 0 saturated carbocycles. The Hall–Kier alpha value is -3.57. The molecule has 31 heavy (non-hydrogen) atoms. The second-order valence-corrected chi connectivity index (χ2v) is 9.68. The molecule has 3 aliphatic carbocycles. The van der Waals surface area contributed by atoms with Gasteiger partial charge in [0.2, 0.25) is 0 Å². The fourth-order valence-corrected chi connectivity index (χ4v) is 6.26. The highest BCUT2D eigenvalue weighted by atomic mass is 32.2. The summed E-state index contributed by atoms with van der Waals surface area (Å²) in [7, 11) is -3.76. The van der Waals surface area contributed by atoms with Gasteiger partial charge in [0, 0.05) is 17.4 Å². The van der Waals surface area contributed by atoms with Gasteiger partial charge >= 0.3 is 0 Å². The molecule has 0 atom stereocenters. The molecule has 4 aromatic carbocycles. The molecule has 0 spiro atoms. The Bertz CT molecular complexity index is 1400. The third-order valence-electron chi connectivity index (χ3n) is 6.38. The van der Waals surface area contributed by atoms with Crippen molar-refractivity contribution in [1.82, 2.24) is 0 Å². The number of hydrogen-bond donors (Lipinski definition) is 2. The minimum atomic E-state index is -3.76. The van der Waals surface area contributed by atoms with Crippen molar-refractivity contribution in [3.63, 3.8) is 0 Å². The molecule has 2 bridgehead atoms. The van der Waals surface area contributed by atoms with Gasteiger partial charge in [0.1, 0.15) is 5.75 Å². The summed E-state index contributed by atoms with van der Waals surface area (Å²) in [5.41, 5.74) is 6.77. The molecule has 5 heteroatoms. The van der Waals surface area contributed by atoms with Crippen molar-refractivity contribution < 1.29 is 13.5 Å². The van der Waals surface area contributed by atoms with Gasteiger partial charge in [-0.25, -0.2) is 8.42 Å². The molecule has 0 aromatic heterocycles. The van der Waals surface area contributed by atoms with E-state index < -0.39 is 10.0 Å². The molecular weight excluding hydrogens is 406 g/mol. The van der Waals surface area contributed by atoms with E-state index in [9.17, 15) is 13.5 Å². The van der Waals surface area contributed by atoms with Gasteiger partial charge < -0.3 is 5.11 Å². The van der Waals surface area contributed by atoms with Crippen molar-refractivity contribution in [2.75, 3.05) is 4.72 Å². The molecule has 0 radical (unpaired) electrons. The zero-order chi connectivity index (χ0) is 21.2. The number of phenols is 1. The van der Waals surface area contributed by atoms with Gasteiger partial charge in [-0.1, -0.05) is 66.7 Å². The van der Waals surface area contributed by atoms with Crippen LogP contribution in [-0.4, -0.2) is 13.5 Å². The summed E-state index contributed by atoms with van der Waals surface area (Å²) >= 11 is 0. The minimum Gasteiger partial charge on any atom is -0.508 e. The van der Waals surface area contributed by atoms with E-state index >= 15 is 0 Å². The van der Waals surface area contributed by atoms with Crippen LogP contribution in [0, 0.1) is 0 Å². The lowest BCUT2D eigenvalue weighted by atomic mass is 9.60. The average Bonchev–Trinajstić information content (AvgIpc) is 2.81. The Morgan fingerprint density at radius 3 is 1.65 bits per heavy atom. The summed E-state index contributed by atoms with van der Waals surface area (Å²) in [6, 6.07) is 28.1. The predicted octanol–water partition coefficient (Wildman–Crippen LogP) is 5.18. The maximum atomic E-state index is 13.1. The van der Waals surface area contributed by atoms with E-state index in [0.29, 0.717) is 5.69 Å². The summed E-state index contributed by atoms with van der Waals surface area (Å²) in [6.07, 6.45) is 0. The number of phenolic OH excluding ortho intramolecular Hbond substituents is 1. The molecule has 0 saturated heterocycles.